The van der Waals surface area contributed by atoms with Crippen LogP contribution in [-0.2, 0) is 19.0 Å². The summed E-state index contributed by atoms with van der Waals surface area (Å²) in [5.41, 5.74) is -0.766. The van der Waals surface area contributed by atoms with E-state index in [0.717, 1.165) is 18.2 Å². The molecule has 3 aromatic carbocycles. The number of carbonyl (C=O) groups is 1. The fraction of sp³-hybridized carbons (Fsp3) is 0.333. The van der Waals surface area contributed by atoms with E-state index in [0.29, 0.717) is 5.56 Å². The molecule has 10 N–H and O–H groups in total. The second kappa shape index (κ2) is 16.0. The molecular weight excluding hydrogens is 720 g/mol. The van der Waals surface area contributed by atoms with Gasteiger partial charge in [0.2, 0.25) is 23.8 Å². The number of hydrogen-bond acceptors (Lipinski definition) is 18. The Bertz CT molecular complexity index is 2030. The molecule has 0 aliphatic carbocycles. The number of aliphatic hydroxyl groups excluding tert-OH is 7. The molecule has 54 heavy (non-hydrogen) atoms. The van der Waals surface area contributed by atoms with E-state index < -0.39 is 103 Å². The number of phenols is 3. The van der Waals surface area contributed by atoms with Gasteiger partial charge in [-0.15, -0.1) is 0 Å². The summed E-state index contributed by atoms with van der Waals surface area (Å²) in [6.07, 6.45) is -14.8. The summed E-state index contributed by atoms with van der Waals surface area (Å²) < 4.78 is 34.0. The van der Waals surface area contributed by atoms with Gasteiger partial charge in [-0.3, -0.25) is 4.79 Å². The first-order chi connectivity index (χ1) is 25.8. The molecule has 0 spiro atoms. The Kier molecular flexibility index (Phi) is 11.4. The SMILES string of the molecule is O=C(/C=C/c1ccc(O)cc1)O[C@H]1C(Oc2c(-c3ccc(O)cc3)oc3cc(O[C@@H]4O[C@H](CO)[C@@H](O)[C@H](O)[C@H]4O)cc(O)c3c2=O)O[C@H](CO)[C@@H](O)[C@@H]1O. The summed E-state index contributed by atoms with van der Waals surface area (Å²) in [5.74, 6) is -3.25. The molecule has 288 valence electrons. The number of esters is 1. The van der Waals surface area contributed by atoms with Gasteiger partial charge in [0.05, 0.1) is 13.2 Å². The predicted octanol–water partition coefficient (Wildman–Crippen LogP) is -0.802. The number of fused-ring (bicyclic) bond motifs is 1. The maximum atomic E-state index is 14.2. The zero-order valence-corrected chi connectivity index (χ0v) is 27.9. The van der Waals surface area contributed by atoms with Gasteiger partial charge in [0.15, 0.2) is 11.9 Å². The monoisotopic (exact) mass is 756 g/mol. The van der Waals surface area contributed by atoms with Crippen LogP contribution in [0.5, 0.6) is 28.7 Å². The van der Waals surface area contributed by atoms with Crippen LogP contribution in [0.15, 0.2) is 76.0 Å². The molecule has 3 heterocycles. The molecule has 18 heteroatoms. The highest BCUT2D eigenvalue weighted by atomic mass is 16.7. The van der Waals surface area contributed by atoms with Crippen molar-refractivity contribution < 1.29 is 84.0 Å². The van der Waals surface area contributed by atoms with E-state index >= 15 is 0 Å². The minimum atomic E-state index is -1.92. The Morgan fingerprint density at radius 1 is 0.722 bits per heavy atom. The van der Waals surface area contributed by atoms with E-state index in [2.05, 4.69) is 0 Å². The molecule has 2 fully saturated rings. The van der Waals surface area contributed by atoms with Gasteiger partial charge >= 0.3 is 5.97 Å². The zero-order valence-electron chi connectivity index (χ0n) is 27.9. The van der Waals surface area contributed by atoms with E-state index in [1.165, 1.54) is 54.6 Å². The molecule has 0 saturated carbocycles. The molecule has 0 amide bonds. The molecule has 4 aromatic rings. The minimum absolute atomic E-state index is 0.00960. The highest BCUT2D eigenvalue weighted by Crippen LogP contribution is 2.39. The van der Waals surface area contributed by atoms with Crippen LogP contribution in [0.4, 0.5) is 0 Å². The molecule has 2 saturated heterocycles. The smallest absolute Gasteiger partial charge is 0.331 e. The van der Waals surface area contributed by atoms with Crippen molar-refractivity contribution in [3.8, 4) is 40.1 Å². The van der Waals surface area contributed by atoms with Crippen LogP contribution in [0.2, 0.25) is 0 Å². The van der Waals surface area contributed by atoms with Crippen molar-refractivity contribution in [3.05, 3.63) is 82.5 Å². The Morgan fingerprint density at radius 2 is 1.31 bits per heavy atom. The normalized spacial score (nSPS) is 28.6. The van der Waals surface area contributed by atoms with Crippen LogP contribution >= 0.6 is 0 Å². The molecular formula is C36H36O18. The van der Waals surface area contributed by atoms with E-state index in [4.69, 9.17) is 28.1 Å². The van der Waals surface area contributed by atoms with Gasteiger partial charge in [0.25, 0.3) is 0 Å². The number of aromatic hydroxyl groups is 3. The first kappa shape index (κ1) is 38.4. The summed E-state index contributed by atoms with van der Waals surface area (Å²) in [7, 11) is 0. The Morgan fingerprint density at radius 3 is 1.94 bits per heavy atom. The van der Waals surface area contributed by atoms with Crippen LogP contribution in [0.25, 0.3) is 28.4 Å². The third kappa shape index (κ3) is 7.82. The van der Waals surface area contributed by atoms with Crippen molar-refractivity contribution in [1.82, 2.24) is 0 Å². The van der Waals surface area contributed by atoms with Gasteiger partial charge in [0.1, 0.15) is 76.7 Å². The maximum Gasteiger partial charge on any atom is 0.331 e. The lowest BCUT2D eigenvalue weighted by molar-refractivity contribution is -0.281. The van der Waals surface area contributed by atoms with Crippen LogP contribution in [0.1, 0.15) is 5.56 Å². The van der Waals surface area contributed by atoms with Gasteiger partial charge in [0, 0.05) is 23.8 Å². The average molecular weight is 757 g/mol. The Hall–Kier alpha value is -5.28. The van der Waals surface area contributed by atoms with Gasteiger partial charge in [-0.1, -0.05) is 12.1 Å². The highest BCUT2D eigenvalue weighted by Gasteiger charge is 2.49. The van der Waals surface area contributed by atoms with Crippen molar-refractivity contribution in [2.75, 3.05) is 13.2 Å². The number of carbonyl (C=O) groups excluding carboxylic acids is 1. The zero-order chi connectivity index (χ0) is 38.8. The third-order valence-electron chi connectivity index (χ3n) is 8.75. The van der Waals surface area contributed by atoms with E-state index in [-0.39, 0.29) is 34.2 Å². The second-order valence-electron chi connectivity index (χ2n) is 12.4. The Labute approximate surface area is 304 Å². The second-order valence-corrected chi connectivity index (χ2v) is 12.4. The Balaban J connectivity index is 1.38. The van der Waals surface area contributed by atoms with Gasteiger partial charge in [-0.25, -0.2) is 4.79 Å². The predicted molar refractivity (Wildman–Crippen MR) is 181 cm³/mol. The molecule has 2 aliphatic heterocycles. The first-order valence-electron chi connectivity index (χ1n) is 16.4. The van der Waals surface area contributed by atoms with E-state index in [1.807, 2.05) is 0 Å². The van der Waals surface area contributed by atoms with Gasteiger partial charge in [-0.05, 0) is 48.0 Å². The number of phenolic OH excluding ortho intramolecular Hbond substituents is 3. The summed E-state index contributed by atoms with van der Waals surface area (Å²) >= 11 is 0. The van der Waals surface area contributed by atoms with Crippen molar-refractivity contribution >= 4 is 23.0 Å². The number of benzene rings is 3. The molecule has 6 rings (SSSR count). The summed E-state index contributed by atoms with van der Waals surface area (Å²) in [6, 6.07) is 13.0. The fourth-order valence-electron chi connectivity index (χ4n) is 5.85. The molecule has 2 aliphatic rings. The lowest BCUT2D eigenvalue weighted by atomic mass is 9.99. The number of hydrogen-bond donors (Lipinski definition) is 10. The van der Waals surface area contributed by atoms with Gasteiger partial charge < -0.3 is 79.2 Å². The van der Waals surface area contributed by atoms with Crippen molar-refractivity contribution in [2.24, 2.45) is 0 Å². The first-order valence-corrected chi connectivity index (χ1v) is 16.4. The van der Waals surface area contributed by atoms with Crippen LogP contribution in [0, 0.1) is 0 Å². The molecule has 0 bridgehead atoms. The summed E-state index contributed by atoms with van der Waals surface area (Å²) in [4.78, 5) is 27.1. The van der Waals surface area contributed by atoms with Crippen molar-refractivity contribution in [3.63, 3.8) is 0 Å². The molecule has 0 radical (unpaired) electrons. The van der Waals surface area contributed by atoms with Gasteiger partial charge in [-0.2, -0.15) is 0 Å². The lowest BCUT2D eigenvalue weighted by Gasteiger charge is -2.41. The quantitative estimate of drug-likeness (QED) is 0.0700. The topological polar surface area (TPSA) is 296 Å². The summed E-state index contributed by atoms with van der Waals surface area (Å²) in [6.45, 7) is -1.58. The maximum absolute atomic E-state index is 14.2. The standard InChI is InChI=1S/C36H36O18/c37-13-22-26(43)29(46)31(48)35(51-22)49-19-11-20(41)25-21(12-19)50-32(16-4-8-18(40)9-5-16)33(28(25)45)54-36-34(30(47)27(44)23(14-38)52-36)53-24(42)10-3-15-1-6-17(39)7-2-15/h1-12,22-23,26-27,29-31,34-41,43-44,46-48H,13-14H2/b10-3+/t22-,23-,26-,27-,29+,30+,31-,34-,35-,36?/m1/s1. The highest BCUT2D eigenvalue weighted by molar-refractivity contribution is 5.89. The number of aliphatic hydroxyl groups is 7. The molecule has 1 unspecified atom stereocenters. The minimum Gasteiger partial charge on any atom is -0.508 e. The lowest BCUT2D eigenvalue weighted by Crippen LogP contribution is -2.61. The average Bonchev–Trinajstić information content (AvgIpc) is 3.15. The molecule has 18 nitrogen and oxygen atoms in total. The van der Waals surface area contributed by atoms with Crippen LogP contribution in [0.3, 0.4) is 0 Å². The van der Waals surface area contributed by atoms with E-state index in [1.54, 1.807) is 0 Å². The van der Waals surface area contributed by atoms with Crippen molar-refractivity contribution in [1.29, 1.82) is 0 Å². The van der Waals surface area contributed by atoms with Crippen molar-refractivity contribution in [2.45, 2.75) is 61.4 Å². The largest absolute Gasteiger partial charge is 0.508 e. The van der Waals surface area contributed by atoms with Crippen LogP contribution < -0.4 is 14.9 Å². The summed E-state index contributed by atoms with van der Waals surface area (Å²) in [5, 5.41) is 102. The third-order valence-corrected chi connectivity index (χ3v) is 8.75. The molecule has 1 aromatic heterocycles. The fourth-order valence-corrected chi connectivity index (χ4v) is 5.85. The van der Waals surface area contributed by atoms with E-state index in [9.17, 15) is 60.7 Å². The number of rotatable bonds is 10. The number of ether oxygens (including phenoxy) is 5. The molecule has 10 atom stereocenters. The van der Waals surface area contributed by atoms with Crippen LogP contribution in [-0.4, -0.2) is 132 Å².